The number of nitrogens with one attached hydrogen (secondary N) is 2. The molecule has 2 aromatic carbocycles. The summed E-state index contributed by atoms with van der Waals surface area (Å²) in [6.07, 6.45) is 36.9. The van der Waals surface area contributed by atoms with E-state index >= 15 is 0 Å². The number of benzene rings is 2. The van der Waals surface area contributed by atoms with E-state index in [9.17, 15) is 9.59 Å². The van der Waals surface area contributed by atoms with Crippen molar-refractivity contribution in [3.05, 3.63) is 59.7 Å². The maximum atomic E-state index is 11.9. The highest BCUT2D eigenvalue weighted by atomic mass is 16.2. The Balaban J connectivity index is 0.000000540. The van der Waals surface area contributed by atoms with Crippen molar-refractivity contribution >= 4 is 23.2 Å². The van der Waals surface area contributed by atoms with E-state index in [1.807, 2.05) is 24.3 Å². The fourth-order valence-electron chi connectivity index (χ4n) is 6.80. The number of carbonyl (C=O) groups excluding carboxylic acids is 2. The van der Waals surface area contributed by atoms with Crippen molar-refractivity contribution in [2.45, 2.75) is 206 Å². The highest BCUT2D eigenvalue weighted by Gasteiger charge is 2.04. The lowest BCUT2D eigenvalue weighted by atomic mass is 10.0. The number of rotatable bonds is 34. The molecule has 2 amide bonds. The molecule has 0 saturated carbocycles. The zero-order valence-corrected chi connectivity index (χ0v) is 35.2. The third-order valence-electron chi connectivity index (χ3n) is 10.3. The van der Waals surface area contributed by atoms with Crippen LogP contribution in [0.1, 0.15) is 205 Å². The maximum absolute atomic E-state index is 11.9. The fraction of sp³-hybridized carbons (Fsp3) is 0.708. The van der Waals surface area contributed by atoms with Crippen LogP contribution in [-0.2, 0) is 22.4 Å². The van der Waals surface area contributed by atoms with Gasteiger partial charge in [-0.3, -0.25) is 9.59 Å². The molecule has 0 aliphatic carbocycles. The predicted octanol–water partition coefficient (Wildman–Crippen LogP) is 13.2. The van der Waals surface area contributed by atoms with Crippen molar-refractivity contribution in [1.82, 2.24) is 0 Å². The Labute approximate surface area is 333 Å². The molecule has 0 heterocycles. The highest BCUT2D eigenvalue weighted by Crippen LogP contribution is 2.17. The van der Waals surface area contributed by atoms with Gasteiger partial charge < -0.3 is 22.1 Å². The molecule has 0 aromatic heterocycles. The van der Waals surface area contributed by atoms with Crippen LogP contribution in [0, 0.1) is 0 Å². The first-order chi connectivity index (χ1) is 26.5. The summed E-state index contributed by atoms with van der Waals surface area (Å²) in [5, 5.41) is 5.97. The Morgan fingerprint density at radius 3 is 0.963 bits per heavy atom. The normalized spacial score (nSPS) is 10.9. The van der Waals surface area contributed by atoms with Crippen LogP contribution in [0.25, 0.3) is 0 Å². The molecule has 0 aliphatic rings. The second-order valence-electron chi connectivity index (χ2n) is 15.6. The van der Waals surface area contributed by atoms with Crippen LogP contribution in [0.2, 0.25) is 0 Å². The Bertz CT molecular complexity index is 1030. The van der Waals surface area contributed by atoms with Gasteiger partial charge in [0.05, 0.1) is 0 Å². The molecule has 0 radical (unpaired) electrons. The van der Waals surface area contributed by atoms with Crippen molar-refractivity contribution in [2.75, 3.05) is 23.7 Å². The number of hydrogen-bond donors (Lipinski definition) is 4. The number of unbranched alkanes of at least 4 members (excludes halogenated alkanes) is 22. The molecule has 0 atom stereocenters. The largest absolute Gasteiger partial charge is 0.330 e. The van der Waals surface area contributed by atoms with E-state index in [2.05, 4.69) is 48.7 Å². The summed E-state index contributed by atoms with van der Waals surface area (Å²) in [4.78, 5) is 23.8. The van der Waals surface area contributed by atoms with Crippen molar-refractivity contribution in [2.24, 2.45) is 11.5 Å². The van der Waals surface area contributed by atoms with E-state index in [0.29, 0.717) is 25.9 Å². The monoisotopic (exact) mass is 749 g/mol. The third kappa shape index (κ3) is 30.6. The van der Waals surface area contributed by atoms with E-state index in [1.54, 1.807) is 0 Å². The van der Waals surface area contributed by atoms with E-state index < -0.39 is 0 Å². The second-order valence-corrected chi connectivity index (χ2v) is 15.6. The lowest BCUT2D eigenvalue weighted by Crippen LogP contribution is -2.11. The lowest BCUT2D eigenvalue weighted by Gasteiger charge is -2.07. The summed E-state index contributed by atoms with van der Waals surface area (Å²) in [6.45, 7) is 5.97. The number of anilines is 2. The molecule has 0 spiro atoms. The van der Waals surface area contributed by atoms with Crippen molar-refractivity contribution in [1.29, 1.82) is 0 Å². The summed E-state index contributed by atoms with van der Waals surface area (Å²) in [5.74, 6) is 0.212. The number of amides is 2. The molecule has 0 fully saturated rings. The predicted molar refractivity (Wildman–Crippen MR) is 236 cm³/mol. The Morgan fingerprint density at radius 2 is 0.667 bits per heavy atom. The molecule has 6 heteroatoms. The van der Waals surface area contributed by atoms with E-state index in [4.69, 9.17) is 11.5 Å². The van der Waals surface area contributed by atoms with Gasteiger partial charge in [-0.25, -0.2) is 0 Å². The second kappa shape index (κ2) is 37.2. The lowest BCUT2D eigenvalue weighted by molar-refractivity contribution is -0.117. The van der Waals surface area contributed by atoms with E-state index in [0.717, 1.165) is 62.7 Å². The highest BCUT2D eigenvalue weighted by molar-refractivity contribution is 5.91. The smallest absolute Gasteiger partial charge is 0.224 e. The van der Waals surface area contributed by atoms with Crippen LogP contribution in [0.5, 0.6) is 0 Å². The maximum Gasteiger partial charge on any atom is 0.224 e. The number of nitrogens with two attached hydrogens (primary N) is 2. The van der Waals surface area contributed by atoms with Crippen LogP contribution < -0.4 is 22.1 Å². The zero-order chi connectivity index (χ0) is 39.2. The van der Waals surface area contributed by atoms with E-state index in [-0.39, 0.29) is 11.8 Å². The molecule has 0 unspecified atom stereocenters. The fourth-order valence-corrected chi connectivity index (χ4v) is 6.80. The SMILES string of the molecule is CCCCCCCCCCCCc1ccc(NC(=O)CCCCCN)cc1.CCCCCCCCCCCCc1ccc(NC(=O)CCCCCN)cc1. The van der Waals surface area contributed by atoms with Crippen LogP contribution in [0.4, 0.5) is 11.4 Å². The first kappa shape index (κ1) is 49.3. The first-order valence-corrected chi connectivity index (χ1v) is 22.7. The van der Waals surface area contributed by atoms with Crippen molar-refractivity contribution in [3.63, 3.8) is 0 Å². The first-order valence-electron chi connectivity index (χ1n) is 22.7. The molecule has 0 saturated heterocycles. The quantitative estimate of drug-likeness (QED) is 0.0534. The molecule has 2 aromatic rings. The summed E-state index contributed by atoms with van der Waals surface area (Å²) in [5.41, 5.74) is 15.5. The van der Waals surface area contributed by atoms with Crippen molar-refractivity contribution in [3.8, 4) is 0 Å². The Morgan fingerprint density at radius 1 is 0.389 bits per heavy atom. The van der Waals surface area contributed by atoms with Crippen LogP contribution in [0.3, 0.4) is 0 Å². The standard InChI is InChI=1S/2C24H42N2O/c2*1-2-3-4-5-6-7-8-9-10-12-15-22-17-19-23(20-18-22)26-24(27)16-13-11-14-21-25/h2*17-20H,2-16,21,25H2,1H3,(H,26,27). The topological polar surface area (TPSA) is 110 Å². The Hall–Kier alpha value is -2.70. The average molecular weight is 749 g/mol. The molecule has 54 heavy (non-hydrogen) atoms. The van der Waals surface area contributed by atoms with Gasteiger partial charge in [-0.2, -0.15) is 0 Å². The molecule has 308 valence electrons. The molecule has 0 aliphatic heterocycles. The minimum atomic E-state index is 0.106. The minimum Gasteiger partial charge on any atom is -0.330 e. The average Bonchev–Trinajstić information content (AvgIpc) is 3.18. The van der Waals surface area contributed by atoms with Gasteiger partial charge in [-0.05, 0) is 99.8 Å². The minimum absolute atomic E-state index is 0.106. The summed E-state index contributed by atoms with van der Waals surface area (Å²) in [6, 6.07) is 16.7. The number of carbonyl (C=O) groups is 2. The molecular weight excluding hydrogens is 665 g/mol. The molecule has 6 nitrogen and oxygen atoms in total. The third-order valence-corrected chi connectivity index (χ3v) is 10.3. The molecule has 6 N–H and O–H groups in total. The number of hydrogen-bond acceptors (Lipinski definition) is 4. The van der Waals surface area contributed by atoms with Gasteiger partial charge in [-0.15, -0.1) is 0 Å². The molecule has 2 rings (SSSR count). The van der Waals surface area contributed by atoms with Crippen LogP contribution in [-0.4, -0.2) is 24.9 Å². The van der Waals surface area contributed by atoms with E-state index in [1.165, 1.54) is 140 Å². The van der Waals surface area contributed by atoms with Crippen LogP contribution >= 0.6 is 0 Å². The van der Waals surface area contributed by atoms with Crippen LogP contribution in [0.15, 0.2) is 48.5 Å². The van der Waals surface area contributed by atoms with Gasteiger partial charge in [0.2, 0.25) is 11.8 Å². The van der Waals surface area contributed by atoms with Gasteiger partial charge in [0.15, 0.2) is 0 Å². The zero-order valence-electron chi connectivity index (χ0n) is 35.2. The summed E-state index contributed by atoms with van der Waals surface area (Å²) in [7, 11) is 0. The van der Waals surface area contributed by atoms with Gasteiger partial charge in [0.1, 0.15) is 0 Å². The number of aryl methyl sites for hydroxylation is 2. The molecular formula is C48H84N4O2. The van der Waals surface area contributed by atoms with Gasteiger partial charge in [0, 0.05) is 24.2 Å². The van der Waals surface area contributed by atoms with Crippen molar-refractivity contribution < 1.29 is 9.59 Å². The Kier molecular flexibility index (Phi) is 34.0. The molecule has 0 bridgehead atoms. The van der Waals surface area contributed by atoms with Gasteiger partial charge in [0.25, 0.3) is 0 Å². The summed E-state index contributed by atoms with van der Waals surface area (Å²) >= 11 is 0. The van der Waals surface area contributed by atoms with Gasteiger partial charge in [-0.1, -0.05) is 167 Å². The van der Waals surface area contributed by atoms with Gasteiger partial charge >= 0.3 is 0 Å². The summed E-state index contributed by atoms with van der Waals surface area (Å²) < 4.78 is 0.